The second-order valence-electron chi connectivity index (χ2n) is 9.59. The molecule has 0 atom stereocenters. The number of carboxylic acids is 5. The van der Waals surface area contributed by atoms with Crippen molar-refractivity contribution in [3.05, 3.63) is 88.4 Å². The third-order valence-electron chi connectivity index (χ3n) is 4.89. The second kappa shape index (κ2) is 41.1. The first-order chi connectivity index (χ1) is 26.9. The molecule has 15 N–H and O–H groups in total. The first-order valence-electron chi connectivity index (χ1n) is 14.4. The Kier molecular flexibility index (Phi) is 48.7. The number of hydrogen-bond donors (Lipinski definition) is 15. The van der Waals surface area contributed by atoms with E-state index in [0.29, 0.717) is 0 Å². The summed E-state index contributed by atoms with van der Waals surface area (Å²) in [5.74, 6) is -5.27. The molecular formula is C31H46Cl5O22P. The van der Waals surface area contributed by atoms with E-state index in [4.69, 9.17) is 138 Å². The predicted octanol–water partition coefficient (Wildman–Crippen LogP) is 1.95. The summed E-state index contributed by atoms with van der Waals surface area (Å²) in [4.78, 5) is 67.8. The van der Waals surface area contributed by atoms with E-state index in [1.807, 2.05) is 0 Å². The Balaban J connectivity index is -0.000000112. The van der Waals surface area contributed by atoms with Crippen LogP contribution >= 0.6 is 65.8 Å². The summed E-state index contributed by atoms with van der Waals surface area (Å²) in [5, 5.41) is 101. The number of ether oxygens (including phenoxy) is 1. The zero-order valence-corrected chi connectivity index (χ0v) is 35.2. The fraction of sp³-hybridized carbons (Fsp3) is 0.323. The third-order valence-corrected chi connectivity index (χ3v) is 7.15. The lowest BCUT2D eigenvalue weighted by Crippen LogP contribution is -2.43. The Hall–Kier alpha value is -3.65. The molecule has 0 heterocycles. The van der Waals surface area contributed by atoms with Gasteiger partial charge < -0.3 is 80.7 Å². The van der Waals surface area contributed by atoms with Crippen LogP contribution in [0.2, 0.25) is 25.1 Å². The van der Waals surface area contributed by atoms with Crippen molar-refractivity contribution in [2.24, 2.45) is 10.8 Å². The Labute approximate surface area is 361 Å². The van der Waals surface area contributed by atoms with Crippen LogP contribution < -0.4 is 0 Å². The van der Waals surface area contributed by atoms with Crippen LogP contribution in [-0.4, -0.2) is 159 Å². The standard InChI is InChI=1S/C10H22O7.C6HCl5O.5C3H4O2.H3O4P/c11-1-9(2-12,3-13)7-17-8-10(4-14,5-15)6-16;7-1-2(8)4(10)6(12)5(11)3(1)9;5*1-2-3(4)5;1-5(2,3)4/h11-16H,1-8H2;12H;5*2H,1H2,(H,4,5);(H3,1,2,3,4). The lowest BCUT2D eigenvalue weighted by Gasteiger charge is -2.31. The van der Waals surface area contributed by atoms with Crippen LogP contribution in [0.4, 0.5) is 0 Å². The van der Waals surface area contributed by atoms with Crippen LogP contribution in [-0.2, 0) is 33.3 Å². The number of halogens is 5. The van der Waals surface area contributed by atoms with Crippen molar-refractivity contribution < 1.29 is 109 Å². The summed E-state index contributed by atoms with van der Waals surface area (Å²) in [6.45, 7) is 11.8. The van der Waals surface area contributed by atoms with E-state index in [1.54, 1.807) is 0 Å². The molecule has 59 heavy (non-hydrogen) atoms. The number of phenolic OH excluding ortho intramolecular Hbond substituents is 1. The average molecular weight is 979 g/mol. The summed E-state index contributed by atoms with van der Waals surface area (Å²) in [6.07, 6.45) is 4.17. The first kappa shape index (κ1) is 69.9. The topological polar surface area (TPSA) is 415 Å². The van der Waals surface area contributed by atoms with Crippen LogP contribution in [0.5, 0.6) is 5.75 Å². The van der Waals surface area contributed by atoms with E-state index in [-0.39, 0.29) is 44.1 Å². The molecule has 1 aromatic carbocycles. The van der Waals surface area contributed by atoms with Crippen LogP contribution in [0.15, 0.2) is 63.3 Å². The van der Waals surface area contributed by atoms with Crippen molar-refractivity contribution in [3.63, 3.8) is 0 Å². The van der Waals surface area contributed by atoms with Gasteiger partial charge in [0, 0.05) is 30.4 Å². The van der Waals surface area contributed by atoms with Crippen LogP contribution in [0.1, 0.15) is 0 Å². The Morgan fingerprint density at radius 1 is 0.475 bits per heavy atom. The molecule has 0 spiro atoms. The molecule has 0 aliphatic heterocycles. The smallest absolute Gasteiger partial charge is 0.466 e. The Bertz CT molecular complexity index is 1240. The van der Waals surface area contributed by atoms with E-state index in [9.17, 15) is 29.1 Å². The minimum Gasteiger partial charge on any atom is -0.505 e. The molecule has 342 valence electrons. The highest BCUT2D eigenvalue weighted by Gasteiger charge is 2.32. The van der Waals surface area contributed by atoms with Crippen LogP contribution in [0, 0.1) is 10.8 Å². The van der Waals surface area contributed by atoms with Crippen molar-refractivity contribution in [2.45, 2.75) is 0 Å². The summed E-state index contributed by atoms with van der Waals surface area (Å²) in [6, 6.07) is 0. The van der Waals surface area contributed by atoms with Crippen LogP contribution in [0.25, 0.3) is 0 Å². The Morgan fingerprint density at radius 2 is 0.610 bits per heavy atom. The molecule has 1 aromatic rings. The van der Waals surface area contributed by atoms with Gasteiger partial charge >= 0.3 is 37.7 Å². The summed E-state index contributed by atoms with van der Waals surface area (Å²) < 4.78 is 14.0. The van der Waals surface area contributed by atoms with Crippen molar-refractivity contribution in [2.75, 3.05) is 52.9 Å². The molecule has 0 bridgehead atoms. The molecule has 1 rings (SSSR count). The molecule has 0 aromatic heterocycles. The fourth-order valence-corrected chi connectivity index (χ4v) is 2.78. The summed E-state index contributed by atoms with van der Waals surface area (Å²) >= 11 is 27.9. The molecule has 0 fully saturated rings. The molecule has 0 unspecified atom stereocenters. The van der Waals surface area contributed by atoms with E-state index in [1.165, 1.54) is 0 Å². The van der Waals surface area contributed by atoms with Crippen molar-refractivity contribution >= 4 is 95.7 Å². The molecule has 22 nitrogen and oxygen atoms in total. The van der Waals surface area contributed by atoms with Gasteiger partial charge in [-0.1, -0.05) is 90.9 Å². The van der Waals surface area contributed by atoms with E-state index >= 15 is 0 Å². The van der Waals surface area contributed by atoms with Gasteiger partial charge in [0.1, 0.15) is 10.0 Å². The average Bonchev–Trinajstić information content (AvgIpc) is 3.19. The number of benzene rings is 1. The lowest BCUT2D eigenvalue weighted by molar-refractivity contribution is -0.132. The normalized spacial score (nSPS) is 9.59. The molecule has 28 heteroatoms. The number of aliphatic carboxylic acids is 5. The first-order valence-corrected chi connectivity index (χ1v) is 17.8. The quantitative estimate of drug-likeness (QED) is 0.0517. The van der Waals surface area contributed by atoms with Gasteiger partial charge in [-0.25, -0.2) is 28.5 Å². The highest BCUT2D eigenvalue weighted by atomic mass is 35.5. The maximum Gasteiger partial charge on any atom is 0.466 e. The monoisotopic (exact) mass is 976 g/mol. The third kappa shape index (κ3) is 46.9. The number of carbonyl (C=O) groups is 5. The van der Waals surface area contributed by atoms with Crippen molar-refractivity contribution in [3.8, 4) is 5.75 Å². The highest BCUT2D eigenvalue weighted by Crippen LogP contribution is 2.47. The number of rotatable bonds is 15. The van der Waals surface area contributed by atoms with E-state index in [0.717, 1.165) is 30.4 Å². The number of aliphatic hydroxyl groups is 6. The van der Waals surface area contributed by atoms with Gasteiger partial charge in [-0.05, 0) is 0 Å². The summed E-state index contributed by atoms with van der Waals surface area (Å²) in [5.41, 5.74) is -2.32. The maximum atomic E-state index is 9.25. The zero-order chi connectivity index (χ0) is 48.8. The number of hydrogen-bond acceptors (Lipinski definition) is 14. The van der Waals surface area contributed by atoms with Gasteiger partial charge in [-0.15, -0.1) is 0 Å². The van der Waals surface area contributed by atoms with Crippen LogP contribution in [0.3, 0.4) is 0 Å². The zero-order valence-electron chi connectivity index (χ0n) is 30.5. The van der Waals surface area contributed by atoms with Crippen molar-refractivity contribution in [1.82, 2.24) is 0 Å². The highest BCUT2D eigenvalue weighted by molar-refractivity contribution is 7.45. The molecule has 0 saturated heterocycles. The summed E-state index contributed by atoms with van der Waals surface area (Å²) in [7, 11) is -4.64. The molecule has 0 saturated carbocycles. The van der Waals surface area contributed by atoms with Gasteiger partial charge in [0.05, 0.1) is 78.8 Å². The van der Waals surface area contributed by atoms with Gasteiger partial charge in [0.25, 0.3) is 0 Å². The number of aliphatic hydroxyl groups excluding tert-OH is 6. The van der Waals surface area contributed by atoms with E-state index < -0.39 is 88.1 Å². The predicted molar refractivity (Wildman–Crippen MR) is 215 cm³/mol. The lowest BCUT2D eigenvalue weighted by atomic mass is 9.91. The van der Waals surface area contributed by atoms with Crippen molar-refractivity contribution in [1.29, 1.82) is 0 Å². The molecule has 0 amide bonds. The number of aromatic hydroxyl groups is 1. The number of carboxylic acid groups (broad SMARTS) is 5. The van der Waals surface area contributed by atoms with Gasteiger partial charge in [0.2, 0.25) is 0 Å². The van der Waals surface area contributed by atoms with E-state index in [2.05, 4.69) is 32.9 Å². The fourth-order valence-electron chi connectivity index (χ4n) is 1.65. The molecule has 0 aliphatic rings. The molecule has 0 radical (unpaired) electrons. The minimum absolute atomic E-state index is 0.00904. The second-order valence-corrected chi connectivity index (χ2v) is 12.5. The SMILES string of the molecule is C=CC(=O)O.C=CC(=O)O.C=CC(=O)O.C=CC(=O)O.C=CC(=O)O.O=P(O)(O)O.OCC(CO)(CO)COCC(CO)(CO)CO.Oc1c(Cl)c(Cl)c(Cl)c(Cl)c1Cl. The molecule has 0 aliphatic carbocycles. The number of phenols is 1. The maximum absolute atomic E-state index is 9.25. The van der Waals surface area contributed by atoms with Gasteiger partial charge in [-0.3, -0.25) is 0 Å². The minimum atomic E-state index is -4.64. The largest absolute Gasteiger partial charge is 0.505 e. The van der Waals surface area contributed by atoms with Gasteiger partial charge in [-0.2, -0.15) is 0 Å². The van der Waals surface area contributed by atoms with Gasteiger partial charge in [0.15, 0.2) is 5.75 Å². The number of phosphoric acid groups is 1. The Morgan fingerprint density at radius 3 is 0.729 bits per heavy atom. The molecular weight excluding hydrogens is 933 g/mol.